The average molecular weight is 167 g/mol. The number of nitrogens with two attached hydrogens (primary N) is 1. The van der Waals surface area contributed by atoms with Gasteiger partial charge in [0, 0.05) is 0 Å². The van der Waals surface area contributed by atoms with Crippen LogP contribution in [0.4, 0.5) is 5.95 Å². The first kappa shape index (κ1) is 6.65. The van der Waals surface area contributed by atoms with E-state index in [4.69, 9.17) is 5.73 Å². The number of nitrogens with zero attached hydrogens (tertiary/aromatic N) is 2. The Kier molecular flexibility index (Phi) is 1.09. The summed E-state index contributed by atoms with van der Waals surface area (Å²) >= 11 is 0. The molecule has 0 aliphatic rings. The second-order valence-corrected chi connectivity index (χ2v) is 2.25. The van der Waals surface area contributed by atoms with Gasteiger partial charge in [0.05, 0.1) is 0 Å². The van der Waals surface area contributed by atoms with Crippen molar-refractivity contribution in [1.82, 2.24) is 15.0 Å². The Hall–Kier alpha value is -2.05. The molecule has 7 heteroatoms. The molecule has 2 aromatic heterocycles. The minimum atomic E-state index is -0.452. The molecule has 0 aliphatic carbocycles. The highest BCUT2D eigenvalue weighted by Gasteiger charge is 2.11. The summed E-state index contributed by atoms with van der Waals surface area (Å²) in [6.45, 7) is 0. The molecule has 2 rings (SSSR count). The first-order valence-electron chi connectivity index (χ1n) is 3.14. The van der Waals surface area contributed by atoms with Crippen molar-refractivity contribution < 1.29 is 4.73 Å². The van der Waals surface area contributed by atoms with Gasteiger partial charge in [0.1, 0.15) is 0 Å². The Morgan fingerprint density at radius 2 is 2.42 bits per heavy atom. The zero-order valence-electron chi connectivity index (χ0n) is 5.87. The number of aromatic nitrogens is 4. The maximum absolute atomic E-state index is 11.1. The van der Waals surface area contributed by atoms with Gasteiger partial charge >= 0.3 is 5.65 Å². The van der Waals surface area contributed by atoms with Crippen LogP contribution in [0.2, 0.25) is 0 Å². The molecule has 4 N–H and O–H groups in total. The average Bonchev–Trinajstić information content (AvgIpc) is 2.33. The molecule has 7 nitrogen and oxygen atoms in total. The predicted octanol–water partition coefficient (Wildman–Crippen LogP) is -1.53. The fourth-order valence-electron chi connectivity index (χ4n) is 0.952. The van der Waals surface area contributed by atoms with Gasteiger partial charge in [-0.25, -0.2) is 4.73 Å². The van der Waals surface area contributed by atoms with Crippen LogP contribution in [0.5, 0.6) is 0 Å². The third kappa shape index (κ3) is 0.729. The van der Waals surface area contributed by atoms with Crippen molar-refractivity contribution in [2.45, 2.75) is 0 Å². The van der Waals surface area contributed by atoms with E-state index in [1.54, 1.807) is 0 Å². The SMILES string of the molecule is Nc1nc2c([nH]c[n+]2[O-])c(=O)[nH]1. The summed E-state index contributed by atoms with van der Waals surface area (Å²) in [5, 5.41) is 10.9. The van der Waals surface area contributed by atoms with Crippen molar-refractivity contribution in [1.29, 1.82) is 0 Å². The number of hydrogen-bond acceptors (Lipinski definition) is 4. The van der Waals surface area contributed by atoms with Gasteiger partial charge in [-0.05, 0) is 0 Å². The molecule has 0 spiro atoms. The molecular weight excluding hydrogens is 162 g/mol. The molecular formula is C5H5N5O2. The van der Waals surface area contributed by atoms with E-state index in [2.05, 4.69) is 15.0 Å². The van der Waals surface area contributed by atoms with Crippen LogP contribution in [-0.4, -0.2) is 15.0 Å². The van der Waals surface area contributed by atoms with Crippen molar-refractivity contribution in [3.63, 3.8) is 0 Å². The first-order chi connectivity index (χ1) is 5.68. The van der Waals surface area contributed by atoms with Gasteiger partial charge < -0.3 is 10.9 Å². The monoisotopic (exact) mass is 167 g/mol. The lowest BCUT2D eigenvalue weighted by molar-refractivity contribution is -0.578. The fraction of sp³-hybridized carbons (Fsp3) is 0. The first-order valence-corrected chi connectivity index (χ1v) is 3.14. The second-order valence-electron chi connectivity index (χ2n) is 2.25. The lowest BCUT2D eigenvalue weighted by Crippen LogP contribution is -2.25. The van der Waals surface area contributed by atoms with Crippen molar-refractivity contribution in [3.05, 3.63) is 21.9 Å². The summed E-state index contributed by atoms with van der Waals surface area (Å²) in [4.78, 5) is 19.4. The van der Waals surface area contributed by atoms with Crippen LogP contribution in [0.25, 0.3) is 11.2 Å². The van der Waals surface area contributed by atoms with Crippen LogP contribution in [0.15, 0.2) is 11.1 Å². The lowest BCUT2D eigenvalue weighted by Gasteiger charge is -1.94. The van der Waals surface area contributed by atoms with Crippen molar-refractivity contribution >= 4 is 17.1 Å². The summed E-state index contributed by atoms with van der Waals surface area (Å²) in [6, 6.07) is 0. The van der Waals surface area contributed by atoms with Crippen LogP contribution >= 0.6 is 0 Å². The number of hydrogen-bond donors (Lipinski definition) is 3. The van der Waals surface area contributed by atoms with E-state index in [0.717, 1.165) is 6.33 Å². The van der Waals surface area contributed by atoms with Gasteiger partial charge in [-0.1, -0.05) is 4.98 Å². The summed E-state index contributed by atoms with van der Waals surface area (Å²) in [5.41, 5.74) is 4.89. The van der Waals surface area contributed by atoms with Gasteiger partial charge in [-0.2, -0.15) is 0 Å². The number of imidazole rings is 1. The zero-order chi connectivity index (χ0) is 8.72. The third-order valence-corrected chi connectivity index (χ3v) is 1.45. The Morgan fingerprint density at radius 1 is 1.67 bits per heavy atom. The minimum Gasteiger partial charge on any atom is -0.740 e. The molecule has 0 fully saturated rings. The highest BCUT2D eigenvalue weighted by Crippen LogP contribution is 1.96. The summed E-state index contributed by atoms with van der Waals surface area (Å²) in [5.74, 6) is -0.0725. The molecule has 12 heavy (non-hydrogen) atoms. The van der Waals surface area contributed by atoms with Crippen LogP contribution in [-0.2, 0) is 0 Å². The van der Waals surface area contributed by atoms with Crippen LogP contribution in [0.1, 0.15) is 0 Å². The van der Waals surface area contributed by atoms with E-state index in [-0.39, 0.29) is 17.1 Å². The quantitative estimate of drug-likeness (QED) is 0.326. The van der Waals surface area contributed by atoms with Gasteiger partial charge in [0.25, 0.3) is 11.5 Å². The molecule has 0 aromatic carbocycles. The maximum Gasteiger partial charge on any atom is 0.311 e. The van der Waals surface area contributed by atoms with E-state index in [9.17, 15) is 10.0 Å². The van der Waals surface area contributed by atoms with Gasteiger partial charge in [-0.15, -0.1) is 0 Å². The van der Waals surface area contributed by atoms with Crippen LogP contribution in [0, 0.1) is 5.21 Å². The molecule has 0 saturated carbocycles. The molecule has 62 valence electrons. The highest BCUT2D eigenvalue weighted by molar-refractivity contribution is 5.65. The molecule has 0 atom stereocenters. The Morgan fingerprint density at radius 3 is 3.17 bits per heavy atom. The molecule has 2 heterocycles. The topological polar surface area (TPSA) is 114 Å². The molecule has 0 saturated heterocycles. The molecule has 0 unspecified atom stereocenters. The van der Waals surface area contributed by atoms with E-state index < -0.39 is 5.56 Å². The van der Waals surface area contributed by atoms with E-state index in [0.29, 0.717) is 4.73 Å². The Bertz CT molecular complexity index is 484. The van der Waals surface area contributed by atoms with Crippen molar-refractivity contribution in [2.24, 2.45) is 0 Å². The molecule has 0 aliphatic heterocycles. The van der Waals surface area contributed by atoms with E-state index in [1.165, 1.54) is 0 Å². The maximum atomic E-state index is 11.1. The molecule has 0 radical (unpaired) electrons. The number of rotatable bonds is 0. The largest absolute Gasteiger partial charge is 0.740 e. The number of anilines is 1. The number of H-pyrrole nitrogens is 2. The van der Waals surface area contributed by atoms with Gasteiger partial charge in [0.2, 0.25) is 5.52 Å². The van der Waals surface area contributed by atoms with Crippen molar-refractivity contribution in [2.75, 3.05) is 5.73 Å². The molecule has 0 amide bonds. The van der Waals surface area contributed by atoms with E-state index in [1.807, 2.05) is 0 Å². The molecule has 2 aromatic rings. The third-order valence-electron chi connectivity index (χ3n) is 1.45. The lowest BCUT2D eigenvalue weighted by atomic mass is 10.5. The van der Waals surface area contributed by atoms with Crippen LogP contribution < -0.4 is 16.0 Å². The van der Waals surface area contributed by atoms with Gasteiger partial charge in [0.15, 0.2) is 6.33 Å². The normalized spacial score (nSPS) is 10.7. The predicted molar refractivity (Wildman–Crippen MR) is 40.1 cm³/mol. The van der Waals surface area contributed by atoms with Crippen LogP contribution in [0.3, 0.4) is 0 Å². The summed E-state index contributed by atoms with van der Waals surface area (Å²) < 4.78 is 0.445. The van der Waals surface area contributed by atoms with Crippen molar-refractivity contribution in [3.8, 4) is 0 Å². The summed E-state index contributed by atoms with van der Waals surface area (Å²) in [7, 11) is 0. The standard InChI is InChI=1S/C5H5N5O2/c6-5-8-3-2(4(11)9-5)7-1-10(3)12/h1,7H,(H3,6,8,9,11). The number of fused-ring (bicyclic) bond motifs is 1. The smallest absolute Gasteiger partial charge is 0.311 e. The minimum absolute atomic E-state index is 0.00347. The fourth-order valence-corrected chi connectivity index (χ4v) is 0.952. The number of nitrogens with one attached hydrogen (secondary N) is 2. The number of nitrogen functional groups attached to an aromatic ring is 1. The molecule has 0 bridgehead atoms. The van der Waals surface area contributed by atoms with E-state index >= 15 is 0 Å². The van der Waals surface area contributed by atoms with Gasteiger partial charge in [-0.3, -0.25) is 14.8 Å². The second kappa shape index (κ2) is 1.97. The zero-order valence-corrected chi connectivity index (χ0v) is 5.87. The highest BCUT2D eigenvalue weighted by atomic mass is 16.5. The number of aromatic amines is 2. The Labute approximate surface area is 65.4 Å². The summed E-state index contributed by atoms with van der Waals surface area (Å²) in [6.07, 6.45) is 1.09. The Balaban J connectivity index is 3.03.